The maximum Gasteiger partial charge on any atom is 0.199 e. The molecule has 0 atom stereocenters. The number of benzene rings is 1. The zero-order valence-corrected chi connectivity index (χ0v) is 15.9. The van der Waals surface area contributed by atoms with Crippen molar-refractivity contribution in [2.24, 2.45) is 0 Å². The van der Waals surface area contributed by atoms with Crippen LogP contribution in [-0.4, -0.2) is 46.3 Å². The molecule has 0 amide bonds. The molecule has 1 fully saturated rings. The molecule has 3 aromatic rings. The minimum absolute atomic E-state index is 0. The molecule has 1 saturated heterocycles. The zero-order chi connectivity index (χ0) is 16.5. The van der Waals surface area contributed by atoms with E-state index in [-0.39, 0.29) is 18.3 Å². The molecule has 2 N–H and O–H groups in total. The van der Waals surface area contributed by atoms with Crippen molar-refractivity contribution >= 4 is 39.2 Å². The molecule has 132 valence electrons. The van der Waals surface area contributed by atoms with Crippen LogP contribution in [0.2, 0.25) is 0 Å². The van der Waals surface area contributed by atoms with E-state index in [0.717, 1.165) is 59.5 Å². The molecular weight excluding hydrogens is 406 g/mol. The van der Waals surface area contributed by atoms with E-state index in [0.29, 0.717) is 0 Å². The number of nitrogens with zero attached hydrogens (tertiary/aromatic N) is 2. The standard InChI is InChI=1S/C18H18BrN3O2.ClH/c19-13-2-3-14-16(9-13)21-18(23)17(14)15-4-1-12(10-20-15)11-22-5-7-24-8-6-22;/h1-4,9-10,21,23H,5-8,11H2;1H. The number of rotatable bonds is 3. The van der Waals surface area contributed by atoms with Gasteiger partial charge in [0.05, 0.1) is 30.0 Å². The molecule has 0 saturated carbocycles. The van der Waals surface area contributed by atoms with Crippen LogP contribution in [0.25, 0.3) is 22.2 Å². The Labute approximate surface area is 160 Å². The van der Waals surface area contributed by atoms with E-state index in [4.69, 9.17) is 4.74 Å². The zero-order valence-electron chi connectivity index (χ0n) is 13.5. The van der Waals surface area contributed by atoms with Crippen molar-refractivity contribution in [3.05, 3.63) is 46.6 Å². The molecule has 1 aliphatic rings. The monoisotopic (exact) mass is 423 g/mol. The first kappa shape index (κ1) is 18.2. The molecule has 1 aromatic carbocycles. The van der Waals surface area contributed by atoms with Gasteiger partial charge < -0.3 is 14.8 Å². The number of aromatic hydroxyl groups is 1. The Morgan fingerprint density at radius 2 is 2.00 bits per heavy atom. The van der Waals surface area contributed by atoms with E-state index in [1.54, 1.807) is 0 Å². The quantitative estimate of drug-likeness (QED) is 0.668. The number of halogens is 2. The fourth-order valence-electron chi connectivity index (χ4n) is 3.10. The van der Waals surface area contributed by atoms with Crippen molar-refractivity contribution < 1.29 is 9.84 Å². The van der Waals surface area contributed by atoms with Gasteiger partial charge >= 0.3 is 0 Å². The molecule has 0 radical (unpaired) electrons. The number of H-pyrrole nitrogens is 1. The van der Waals surface area contributed by atoms with Crippen LogP contribution in [-0.2, 0) is 11.3 Å². The summed E-state index contributed by atoms with van der Waals surface area (Å²) in [6.07, 6.45) is 1.89. The number of aromatic amines is 1. The summed E-state index contributed by atoms with van der Waals surface area (Å²) in [4.78, 5) is 9.94. The van der Waals surface area contributed by atoms with Crippen LogP contribution in [0.4, 0.5) is 0 Å². The fourth-order valence-corrected chi connectivity index (χ4v) is 3.46. The van der Waals surface area contributed by atoms with E-state index in [1.807, 2.05) is 30.5 Å². The Balaban J connectivity index is 0.00000182. The van der Waals surface area contributed by atoms with Gasteiger partial charge in [-0.25, -0.2) is 0 Å². The van der Waals surface area contributed by atoms with E-state index in [1.165, 1.54) is 5.56 Å². The molecule has 3 heterocycles. The molecular formula is C18H19BrClN3O2. The van der Waals surface area contributed by atoms with Crippen molar-refractivity contribution in [1.82, 2.24) is 14.9 Å². The molecule has 0 aliphatic carbocycles. The molecule has 0 spiro atoms. The average molecular weight is 425 g/mol. The number of hydrogen-bond acceptors (Lipinski definition) is 4. The van der Waals surface area contributed by atoms with Crippen LogP contribution in [0, 0.1) is 0 Å². The molecule has 5 nitrogen and oxygen atoms in total. The van der Waals surface area contributed by atoms with Gasteiger partial charge in [0, 0.05) is 35.7 Å². The first-order valence-corrected chi connectivity index (χ1v) is 8.75. The van der Waals surface area contributed by atoms with Gasteiger partial charge in [0.2, 0.25) is 0 Å². The number of fused-ring (bicyclic) bond motifs is 1. The van der Waals surface area contributed by atoms with Gasteiger partial charge in [-0.2, -0.15) is 0 Å². The Hall–Kier alpha value is -1.60. The lowest BCUT2D eigenvalue weighted by molar-refractivity contribution is 0.0341. The van der Waals surface area contributed by atoms with Gasteiger partial charge in [-0.05, 0) is 23.8 Å². The molecule has 0 bridgehead atoms. The normalized spacial score (nSPS) is 15.2. The van der Waals surface area contributed by atoms with Crippen molar-refractivity contribution in [2.75, 3.05) is 26.3 Å². The summed E-state index contributed by atoms with van der Waals surface area (Å²) in [5, 5.41) is 11.2. The molecule has 4 rings (SSSR count). The number of pyridine rings is 1. The first-order chi connectivity index (χ1) is 11.7. The maximum absolute atomic E-state index is 10.3. The second-order valence-electron chi connectivity index (χ2n) is 5.98. The lowest BCUT2D eigenvalue weighted by Crippen LogP contribution is -2.35. The SMILES string of the molecule is Cl.Oc1[nH]c2cc(Br)ccc2c1-c1ccc(CN2CCOCC2)cn1. The third-order valence-electron chi connectivity index (χ3n) is 4.33. The van der Waals surface area contributed by atoms with E-state index in [9.17, 15) is 5.11 Å². The van der Waals surface area contributed by atoms with Crippen molar-refractivity contribution in [3.63, 3.8) is 0 Å². The van der Waals surface area contributed by atoms with Crippen LogP contribution in [0.1, 0.15) is 5.56 Å². The first-order valence-electron chi connectivity index (χ1n) is 7.96. The van der Waals surface area contributed by atoms with Crippen LogP contribution in [0.5, 0.6) is 5.88 Å². The second-order valence-corrected chi connectivity index (χ2v) is 6.89. The van der Waals surface area contributed by atoms with Crippen LogP contribution < -0.4 is 0 Å². The number of hydrogen-bond donors (Lipinski definition) is 2. The van der Waals surface area contributed by atoms with Gasteiger partial charge in [-0.1, -0.05) is 28.1 Å². The fraction of sp³-hybridized carbons (Fsp3) is 0.278. The van der Waals surface area contributed by atoms with Crippen molar-refractivity contribution in [3.8, 4) is 17.1 Å². The van der Waals surface area contributed by atoms with Crippen LogP contribution >= 0.6 is 28.3 Å². The Morgan fingerprint density at radius 1 is 1.20 bits per heavy atom. The molecule has 25 heavy (non-hydrogen) atoms. The molecule has 7 heteroatoms. The molecule has 1 aliphatic heterocycles. The van der Waals surface area contributed by atoms with E-state index in [2.05, 4.69) is 36.9 Å². The minimum Gasteiger partial charge on any atom is -0.494 e. The van der Waals surface area contributed by atoms with Crippen LogP contribution in [0.3, 0.4) is 0 Å². The third kappa shape index (κ3) is 3.82. The highest BCUT2D eigenvalue weighted by Gasteiger charge is 2.15. The highest BCUT2D eigenvalue weighted by Crippen LogP contribution is 2.36. The Kier molecular flexibility index (Phi) is 5.64. The topological polar surface area (TPSA) is 61.4 Å². The minimum atomic E-state index is 0. The summed E-state index contributed by atoms with van der Waals surface area (Å²) < 4.78 is 6.35. The summed E-state index contributed by atoms with van der Waals surface area (Å²) in [7, 11) is 0. The number of morpholine rings is 1. The van der Waals surface area contributed by atoms with E-state index < -0.39 is 0 Å². The van der Waals surface area contributed by atoms with Crippen LogP contribution in [0.15, 0.2) is 41.0 Å². The van der Waals surface area contributed by atoms with Gasteiger partial charge in [-0.15, -0.1) is 12.4 Å². The Morgan fingerprint density at radius 3 is 2.72 bits per heavy atom. The predicted molar refractivity (Wildman–Crippen MR) is 104 cm³/mol. The van der Waals surface area contributed by atoms with Crippen molar-refractivity contribution in [2.45, 2.75) is 6.54 Å². The summed E-state index contributed by atoms with van der Waals surface area (Å²) >= 11 is 3.45. The van der Waals surface area contributed by atoms with Gasteiger partial charge in [-0.3, -0.25) is 9.88 Å². The largest absolute Gasteiger partial charge is 0.494 e. The van der Waals surface area contributed by atoms with Gasteiger partial charge in [0.25, 0.3) is 0 Å². The second kappa shape index (κ2) is 7.74. The van der Waals surface area contributed by atoms with E-state index >= 15 is 0 Å². The molecule has 2 aromatic heterocycles. The number of nitrogens with one attached hydrogen (secondary N) is 1. The van der Waals surface area contributed by atoms with Gasteiger partial charge in [0.1, 0.15) is 0 Å². The predicted octanol–water partition coefficient (Wildman–Crippen LogP) is 3.95. The lowest BCUT2D eigenvalue weighted by atomic mass is 10.1. The van der Waals surface area contributed by atoms with Crippen molar-refractivity contribution in [1.29, 1.82) is 0 Å². The smallest absolute Gasteiger partial charge is 0.199 e. The number of ether oxygens (including phenoxy) is 1. The molecule has 0 unspecified atom stereocenters. The van der Waals surface area contributed by atoms with Gasteiger partial charge in [0.15, 0.2) is 5.88 Å². The summed E-state index contributed by atoms with van der Waals surface area (Å²) in [5.74, 6) is 0.150. The third-order valence-corrected chi connectivity index (χ3v) is 4.82. The maximum atomic E-state index is 10.3. The highest BCUT2D eigenvalue weighted by molar-refractivity contribution is 9.10. The average Bonchev–Trinajstić information content (AvgIpc) is 2.91. The lowest BCUT2D eigenvalue weighted by Gasteiger charge is -2.26. The number of aromatic nitrogens is 2. The summed E-state index contributed by atoms with van der Waals surface area (Å²) in [6, 6.07) is 9.95. The summed E-state index contributed by atoms with van der Waals surface area (Å²) in [5.41, 5.74) is 3.57. The Bertz CT molecular complexity index is 861. The highest BCUT2D eigenvalue weighted by atomic mass is 79.9. The summed E-state index contributed by atoms with van der Waals surface area (Å²) in [6.45, 7) is 4.39.